The summed E-state index contributed by atoms with van der Waals surface area (Å²) in [6, 6.07) is 1.77. The minimum Gasteiger partial charge on any atom is -0.365 e. The van der Waals surface area contributed by atoms with Crippen LogP contribution in [0.25, 0.3) is 22.4 Å². The van der Waals surface area contributed by atoms with Crippen LogP contribution in [0.1, 0.15) is 32.6 Å². The number of urea groups is 1. The Balaban J connectivity index is 1.53. The number of fused-ring (bicyclic) bond motifs is 1. The van der Waals surface area contributed by atoms with Crippen LogP contribution in [-0.2, 0) is 0 Å². The van der Waals surface area contributed by atoms with Crippen LogP contribution < -0.4 is 5.32 Å². The number of likely N-dealkylation sites (tertiary alicyclic amines) is 1. The maximum Gasteiger partial charge on any atom is 0.320 e. The van der Waals surface area contributed by atoms with Gasteiger partial charge in [-0.2, -0.15) is 0 Å². The Morgan fingerprint density at radius 3 is 3.03 bits per heavy atom. The topological polar surface area (TPSA) is 90.0 Å². The SMILES string of the molecule is CCCN(C)C(=O)N1CCCC[C@@H]1CNc1nc(-c2c[nH]c3ncc(Cl)cc23)ncc1F. The fraction of sp³-hybridized carbons (Fsp3) is 0.455. The third kappa shape index (κ3) is 4.62. The van der Waals surface area contributed by atoms with Crippen LogP contribution in [0.2, 0.25) is 5.02 Å². The average molecular weight is 460 g/mol. The normalized spacial score (nSPS) is 16.4. The number of rotatable bonds is 6. The predicted octanol–water partition coefficient (Wildman–Crippen LogP) is 4.54. The van der Waals surface area contributed by atoms with Crippen LogP contribution in [0.15, 0.2) is 24.7 Å². The van der Waals surface area contributed by atoms with Gasteiger partial charge in [-0.1, -0.05) is 18.5 Å². The van der Waals surface area contributed by atoms with E-state index >= 15 is 0 Å². The maximum atomic E-state index is 14.5. The molecule has 0 bridgehead atoms. The molecule has 0 saturated carbocycles. The lowest BCUT2D eigenvalue weighted by Gasteiger charge is -2.38. The molecule has 170 valence electrons. The van der Waals surface area contributed by atoms with Crippen molar-refractivity contribution in [1.82, 2.24) is 29.7 Å². The molecule has 1 aliphatic heterocycles. The summed E-state index contributed by atoms with van der Waals surface area (Å²) < 4.78 is 14.5. The Morgan fingerprint density at radius 2 is 2.22 bits per heavy atom. The van der Waals surface area contributed by atoms with Gasteiger partial charge in [0.05, 0.1) is 17.3 Å². The third-order valence-electron chi connectivity index (χ3n) is 5.75. The number of pyridine rings is 1. The zero-order chi connectivity index (χ0) is 22.7. The summed E-state index contributed by atoms with van der Waals surface area (Å²) >= 11 is 6.08. The van der Waals surface area contributed by atoms with Crippen LogP contribution in [0.5, 0.6) is 0 Å². The summed E-state index contributed by atoms with van der Waals surface area (Å²) in [5, 5.41) is 4.37. The Kier molecular flexibility index (Phi) is 6.74. The van der Waals surface area contributed by atoms with E-state index in [1.165, 1.54) is 0 Å². The average Bonchev–Trinajstić information content (AvgIpc) is 3.21. The van der Waals surface area contributed by atoms with Crippen molar-refractivity contribution in [3.05, 3.63) is 35.5 Å². The molecule has 32 heavy (non-hydrogen) atoms. The molecule has 1 fully saturated rings. The standard InChI is InChI=1S/C22H27ClFN7O/c1-3-7-30(2)22(32)31-8-5-4-6-15(31)11-26-21-18(24)13-28-20(29-21)17-12-27-19-16(17)9-14(23)10-25-19/h9-10,12-13,15H,3-8,11H2,1-2H3,(H,25,27)(H,26,28,29)/t15-/m1/s1. The highest BCUT2D eigenvalue weighted by atomic mass is 35.5. The minimum atomic E-state index is -0.540. The largest absolute Gasteiger partial charge is 0.365 e. The maximum absolute atomic E-state index is 14.5. The number of hydrogen-bond donors (Lipinski definition) is 2. The number of halogens is 2. The van der Waals surface area contributed by atoms with E-state index in [9.17, 15) is 9.18 Å². The van der Waals surface area contributed by atoms with Gasteiger partial charge >= 0.3 is 6.03 Å². The Hall–Kier alpha value is -2.94. The molecule has 0 spiro atoms. The first kappa shape index (κ1) is 22.3. The van der Waals surface area contributed by atoms with Crippen molar-refractivity contribution in [2.75, 3.05) is 32.0 Å². The molecule has 0 aromatic carbocycles. The van der Waals surface area contributed by atoms with Gasteiger partial charge in [-0.05, 0) is 31.7 Å². The molecule has 0 unspecified atom stereocenters. The fourth-order valence-electron chi connectivity index (χ4n) is 4.11. The number of aromatic nitrogens is 4. The highest BCUT2D eigenvalue weighted by molar-refractivity contribution is 6.31. The van der Waals surface area contributed by atoms with E-state index in [0.717, 1.165) is 37.3 Å². The second kappa shape index (κ2) is 9.68. The van der Waals surface area contributed by atoms with Gasteiger partial charge in [-0.3, -0.25) is 0 Å². The van der Waals surface area contributed by atoms with Gasteiger partial charge in [0, 0.05) is 50.0 Å². The lowest BCUT2D eigenvalue weighted by molar-refractivity contribution is 0.126. The Labute approximate surface area is 191 Å². The van der Waals surface area contributed by atoms with Gasteiger partial charge < -0.3 is 20.1 Å². The van der Waals surface area contributed by atoms with Gasteiger partial charge in [0.1, 0.15) is 5.65 Å². The molecular formula is C22H27ClFN7O. The molecule has 4 rings (SSSR count). The first-order chi connectivity index (χ1) is 15.5. The molecule has 10 heteroatoms. The zero-order valence-corrected chi connectivity index (χ0v) is 19.0. The van der Waals surface area contributed by atoms with E-state index in [1.807, 2.05) is 18.9 Å². The van der Waals surface area contributed by atoms with Crippen LogP contribution in [0, 0.1) is 5.82 Å². The van der Waals surface area contributed by atoms with Crippen LogP contribution in [0.3, 0.4) is 0 Å². The Bertz CT molecular complexity index is 1110. The molecule has 2 amide bonds. The lowest BCUT2D eigenvalue weighted by Crippen LogP contribution is -2.51. The van der Waals surface area contributed by atoms with E-state index in [-0.39, 0.29) is 17.9 Å². The minimum absolute atomic E-state index is 0.0189. The van der Waals surface area contributed by atoms with Crippen LogP contribution >= 0.6 is 11.6 Å². The van der Waals surface area contributed by atoms with Crippen molar-refractivity contribution >= 4 is 34.5 Å². The summed E-state index contributed by atoms with van der Waals surface area (Å²) in [5.74, 6) is -0.0655. The number of nitrogens with zero attached hydrogens (tertiary/aromatic N) is 5. The predicted molar refractivity (Wildman–Crippen MR) is 123 cm³/mol. The van der Waals surface area contributed by atoms with Crippen LogP contribution in [0.4, 0.5) is 15.0 Å². The summed E-state index contributed by atoms with van der Waals surface area (Å²) in [4.78, 5) is 32.3. The molecule has 1 saturated heterocycles. The monoisotopic (exact) mass is 459 g/mol. The van der Waals surface area contributed by atoms with Gasteiger partial charge in [0.25, 0.3) is 0 Å². The number of piperidine rings is 1. The summed E-state index contributed by atoms with van der Waals surface area (Å²) in [6.07, 6.45) is 8.22. The van der Waals surface area contributed by atoms with E-state index in [2.05, 4.69) is 25.3 Å². The summed E-state index contributed by atoms with van der Waals surface area (Å²) in [6.45, 7) is 3.88. The van der Waals surface area contributed by atoms with Crippen molar-refractivity contribution in [3.63, 3.8) is 0 Å². The summed E-state index contributed by atoms with van der Waals surface area (Å²) in [7, 11) is 1.82. The molecular weight excluding hydrogens is 433 g/mol. The van der Waals surface area contributed by atoms with Gasteiger partial charge in [0.15, 0.2) is 17.5 Å². The van der Waals surface area contributed by atoms with E-state index < -0.39 is 5.82 Å². The van der Waals surface area contributed by atoms with Gasteiger partial charge in [0.2, 0.25) is 0 Å². The third-order valence-corrected chi connectivity index (χ3v) is 5.95. The first-order valence-corrected chi connectivity index (χ1v) is 11.3. The Morgan fingerprint density at radius 1 is 1.38 bits per heavy atom. The highest BCUT2D eigenvalue weighted by Crippen LogP contribution is 2.28. The number of amides is 2. The molecule has 1 aliphatic rings. The summed E-state index contributed by atoms with van der Waals surface area (Å²) in [5.41, 5.74) is 1.34. The highest BCUT2D eigenvalue weighted by Gasteiger charge is 2.28. The fourth-order valence-corrected chi connectivity index (χ4v) is 4.27. The number of anilines is 1. The molecule has 1 atom stereocenters. The number of carbonyl (C=O) groups is 1. The lowest BCUT2D eigenvalue weighted by atomic mass is 10.0. The molecule has 4 heterocycles. The number of aromatic amines is 1. The van der Waals surface area contributed by atoms with Gasteiger partial charge in [-0.25, -0.2) is 24.1 Å². The second-order valence-electron chi connectivity index (χ2n) is 8.07. The molecule has 2 N–H and O–H groups in total. The molecule has 0 radical (unpaired) electrons. The molecule has 3 aromatic heterocycles. The van der Waals surface area contributed by atoms with Crippen molar-refractivity contribution < 1.29 is 9.18 Å². The van der Waals surface area contributed by atoms with Crippen molar-refractivity contribution in [2.24, 2.45) is 0 Å². The second-order valence-corrected chi connectivity index (χ2v) is 8.51. The number of carbonyl (C=O) groups excluding carboxylic acids is 1. The van der Waals surface area contributed by atoms with Crippen molar-refractivity contribution in [3.8, 4) is 11.4 Å². The quantitative estimate of drug-likeness (QED) is 0.564. The molecule has 0 aliphatic carbocycles. The van der Waals surface area contributed by atoms with E-state index in [4.69, 9.17) is 11.6 Å². The number of nitrogens with one attached hydrogen (secondary N) is 2. The van der Waals surface area contributed by atoms with Gasteiger partial charge in [-0.15, -0.1) is 0 Å². The van der Waals surface area contributed by atoms with E-state index in [0.29, 0.717) is 41.7 Å². The number of H-pyrrole nitrogens is 1. The van der Waals surface area contributed by atoms with Crippen molar-refractivity contribution in [1.29, 1.82) is 0 Å². The molecule has 3 aromatic rings. The van der Waals surface area contributed by atoms with Crippen LogP contribution in [-0.4, -0.2) is 68.5 Å². The molecule has 8 nitrogen and oxygen atoms in total. The van der Waals surface area contributed by atoms with E-state index in [1.54, 1.807) is 23.4 Å². The first-order valence-electron chi connectivity index (χ1n) is 10.9. The number of hydrogen-bond acceptors (Lipinski definition) is 5. The van der Waals surface area contributed by atoms with Crippen molar-refractivity contribution in [2.45, 2.75) is 38.6 Å². The zero-order valence-electron chi connectivity index (χ0n) is 18.2. The smallest absolute Gasteiger partial charge is 0.320 e.